The summed E-state index contributed by atoms with van der Waals surface area (Å²) in [5.41, 5.74) is 7.04. The van der Waals surface area contributed by atoms with Gasteiger partial charge in [-0.05, 0) is 74.8 Å². The molecule has 0 bridgehead atoms. The highest BCUT2D eigenvalue weighted by molar-refractivity contribution is 5.54. The average molecular weight is 262 g/mol. The molecule has 0 heterocycles. The van der Waals surface area contributed by atoms with E-state index in [0.717, 1.165) is 19.4 Å². The number of ether oxygens (including phenoxy) is 1. The van der Waals surface area contributed by atoms with Gasteiger partial charge in [-0.3, -0.25) is 0 Å². The molecule has 0 aliphatic rings. The van der Waals surface area contributed by atoms with E-state index in [9.17, 15) is 0 Å². The Labute approximate surface area is 119 Å². The molecular weight excluding hydrogens is 232 g/mol. The van der Waals surface area contributed by atoms with E-state index in [1.807, 2.05) is 0 Å². The van der Waals surface area contributed by atoms with Crippen LogP contribution in [0.15, 0.2) is 0 Å². The highest BCUT2D eigenvalue weighted by atomic mass is 16.5. The molecule has 0 amide bonds. The molecule has 108 valence electrons. The summed E-state index contributed by atoms with van der Waals surface area (Å²) >= 11 is 0. The van der Waals surface area contributed by atoms with Gasteiger partial charge in [-0.1, -0.05) is 26.7 Å². The Hall–Kier alpha value is -0.980. The molecular formula is C18H30O. The maximum Gasteiger partial charge on any atom is 0.125 e. The SMILES string of the molecule is CCCCOc1c(C)c(C)c(C)c(C)c1CCCC. The molecule has 0 aromatic heterocycles. The minimum absolute atomic E-state index is 0.846. The fourth-order valence-corrected chi connectivity index (χ4v) is 2.52. The minimum atomic E-state index is 0.846. The third kappa shape index (κ3) is 3.75. The molecule has 1 aromatic rings. The third-order valence-corrected chi connectivity index (χ3v) is 4.28. The molecule has 1 rings (SSSR count). The first kappa shape index (κ1) is 16.1. The van der Waals surface area contributed by atoms with Gasteiger partial charge in [0.25, 0.3) is 0 Å². The lowest BCUT2D eigenvalue weighted by Gasteiger charge is -2.21. The van der Waals surface area contributed by atoms with E-state index in [4.69, 9.17) is 4.74 Å². The van der Waals surface area contributed by atoms with Gasteiger partial charge >= 0.3 is 0 Å². The molecule has 0 N–H and O–H groups in total. The maximum absolute atomic E-state index is 6.12. The van der Waals surface area contributed by atoms with Gasteiger partial charge in [-0.15, -0.1) is 0 Å². The van der Waals surface area contributed by atoms with Crippen LogP contribution in [0.2, 0.25) is 0 Å². The van der Waals surface area contributed by atoms with Crippen LogP contribution in [0.5, 0.6) is 5.75 Å². The van der Waals surface area contributed by atoms with Gasteiger partial charge < -0.3 is 4.74 Å². The Morgan fingerprint density at radius 3 is 1.89 bits per heavy atom. The highest BCUT2D eigenvalue weighted by Crippen LogP contribution is 2.34. The lowest BCUT2D eigenvalue weighted by Crippen LogP contribution is -2.07. The Bertz CT molecular complexity index is 418. The predicted octanol–water partition coefficient (Wildman–Crippen LogP) is 5.44. The Morgan fingerprint density at radius 1 is 0.737 bits per heavy atom. The number of rotatable bonds is 7. The topological polar surface area (TPSA) is 9.23 Å². The maximum atomic E-state index is 6.12. The second kappa shape index (κ2) is 7.57. The second-order valence-corrected chi connectivity index (χ2v) is 5.61. The van der Waals surface area contributed by atoms with Crippen molar-refractivity contribution in [3.63, 3.8) is 0 Å². The van der Waals surface area contributed by atoms with Crippen LogP contribution in [0, 0.1) is 27.7 Å². The van der Waals surface area contributed by atoms with Gasteiger partial charge in [0.2, 0.25) is 0 Å². The van der Waals surface area contributed by atoms with Crippen LogP contribution in [0.4, 0.5) is 0 Å². The Kier molecular flexibility index (Phi) is 6.41. The van der Waals surface area contributed by atoms with Crippen molar-refractivity contribution in [2.45, 2.75) is 73.6 Å². The molecule has 0 aliphatic carbocycles. The largest absolute Gasteiger partial charge is 0.493 e. The lowest BCUT2D eigenvalue weighted by atomic mass is 9.91. The van der Waals surface area contributed by atoms with Gasteiger partial charge in [0.15, 0.2) is 0 Å². The zero-order valence-corrected chi connectivity index (χ0v) is 13.7. The fraction of sp³-hybridized carbons (Fsp3) is 0.667. The van der Waals surface area contributed by atoms with E-state index in [1.165, 1.54) is 52.8 Å². The second-order valence-electron chi connectivity index (χ2n) is 5.61. The van der Waals surface area contributed by atoms with Gasteiger partial charge in [0.05, 0.1) is 6.61 Å². The van der Waals surface area contributed by atoms with Crippen LogP contribution in [-0.2, 0) is 6.42 Å². The fourth-order valence-electron chi connectivity index (χ4n) is 2.52. The molecule has 0 spiro atoms. The van der Waals surface area contributed by atoms with Gasteiger partial charge in [-0.2, -0.15) is 0 Å². The van der Waals surface area contributed by atoms with Crippen molar-refractivity contribution in [1.29, 1.82) is 0 Å². The van der Waals surface area contributed by atoms with E-state index in [1.54, 1.807) is 0 Å². The Balaban J connectivity index is 3.14. The Morgan fingerprint density at radius 2 is 1.32 bits per heavy atom. The van der Waals surface area contributed by atoms with Gasteiger partial charge in [-0.25, -0.2) is 0 Å². The zero-order chi connectivity index (χ0) is 14.4. The molecule has 0 fully saturated rings. The van der Waals surface area contributed by atoms with E-state index in [-0.39, 0.29) is 0 Å². The summed E-state index contributed by atoms with van der Waals surface area (Å²) in [7, 11) is 0. The summed E-state index contributed by atoms with van der Waals surface area (Å²) in [5, 5.41) is 0. The summed E-state index contributed by atoms with van der Waals surface area (Å²) in [6.45, 7) is 14.2. The normalized spacial score (nSPS) is 10.8. The quantitative estimate of drug-likeness (QED) is 0.594. The van der Waals surface area contributed by atoms with Crippen molar-refractivity contribution >= 4 is 0 Å². The van der Waals surface area contributed by atoms with E-state index in [0.29, 0.717) is 0 Å². The van der Waals surface area contributed by atoms with Crippen LogP contribution in [0.1, 0.15) is 67.3 Å². The number of hydrogen-bond donors (Lipinski definition) is 0. The molecule has 0 aliphatic heterocycles. The smallest absolute Gasteiger partial charge is 0.125 e. The molecule has 1 heteroatoms. The number of hydrogen-bond acceptors (Lipinski definition) is 1. The van der Waals surface area contributed by atoms with E-state index in [2.05, 4.69) is 41.5 Å². The van der Waals surface area contributed by atoms with Crippen LogP contribution < -0.4 is 4.74 Å². The average Bonchev–Trinajstić information content (AvgIpc) is 2.41. The first-order valence-electron chi connectivity index (χ1n) is 7.76. The first-order chi connectivity index (χ1) is 9.04. The first-order valence-corrected chi connectivity index (χ1v) is 7.76. The molecule has 0 unspecified atom stereocenters. The molecule has 19 heavy (non-hydrogen) atoms. The lowest BCUT2D eigenvalue weighted by molar-refractivity contribution is 0.303. The summed E-state index contributed by atoms with van der Waals surface area (Å²) in [4.78, 5) is 0. The van der Waals surface area contributed by atoms with Crippen LogP contribution in [0.25, 0.3) is 0 Å². The highest BCUT2D eigenvalue weighted by Gasteiger charge is 2.15. The summed E-state index contributed by atoms with van der Waals surface area (Å²) < 4.78 is 6.12. The standard InChI is InChI=1S/C18H30O/c1-7-9-11-17-15(5)13(3)14(4)16(6)18(17)19-12-10-8-2/h7-12H2,1-6H3. The molecule has 0 atom stereocenters. The van der Waals surface area contributed by atoms with Crippen LogP contribution >= 0.6 is 0 Å². The third-order valence-electron chi connectivity index (χ3n) is 4.28. The van der Waals surface area contributed by atoms with Crippen molar-refractivity contribution in [1.82, 2.24) is 0 Å². The molecule has 1 aromatic carbocycles. The zero-order valence-electron chi connectivity index (χ0n) is 13.7. The molecule has 0 saturated carbocycles. The number of unbranched alkanes of at least 4 members (excludes halogenated alkanes) is 2. The van der Waals surface area contributed by atoms with Crippen LogP contribution in [0.3, 0.4) is 0 Å². The van der Waals surface area contributed by atoms with Gasteiger partial charge in [0, 0.05) is 0 Å². The number of benzene rings is 1. The molecule has 1 nitrogen and oxygen atoms in total. The molecule has 0 radical (unpaired) electrons. The van der Waals surface area contributed by atoms with Crippen molar-refractivity contribution < 1.29 is 4.74 Å². The van der Waals surface area contributed by atoms with E-state index < -0.39 is 0 Å². The summed E-state index contributed by atoms with van der Waals surface area (Å²) in [6, 6.07) is 0. The minimum Gasteiger partial charge on any atom is -0.493 e. The summed E-state index contributed by atoms with van der Waals surface area (Å²) in [5.74, 6) is 1.17. The molecule has 0 saturated heterocycles. The van der Waals surface area contributed by atoms with Crippen LogP contribution in [-0.4, -0.2) is 6.61 Å². The monoisotopic (exact) mass is 262 g/mol. The summed E-state index contributed by atoms with van der Waals surface area (Å²) in [6.07, 6.45) is 5.95. The van der Waals surface area contributed by atoms with Gasteiger partial charge in [0.1, 0.15) is 5.75 Å². The van der Waals surface area contributed by atoms with E-state index >= 15 is 0 Å². The predicted molar refractivity (Wildman–Crippen MR) is 84.4 cm³/mol. The van der Waals surface area contributed by atoms with Crippen molar-refractivity contribution in [3.05, 3.63) is 27.8 Å². The van der Waals surface area contributed by atoms with Crippen molar-refractivity contribution in [2.75, 3.05) is 6.61 Å². The van der Waals surface area contributed by atoms with Crippen molar-refractivity contribution in [3.8, 4) is 5.75 Å². The van der Waals surface area contributed by atoms with Crippen molar-refractivity contribution in [2.24, 2.45) is 0 Å².